The third-order valence-corrected chi connectivity index (χ3v) is 9.58. The second kappa shape index (κ2) is 12.3. The number of ketones is 1. The molecule has 5 aromatic rings. The number of hydrogen-bond donors (Lipinski definition) is 0. The second-order valence-corrected chi connectivity index (χ2v) is 12.5. The number of pyridine rings is 1. The van der Waals surface area contributed by atoms with Gasteiger partial charge in [0.15, 0.2) is 0 Å². The molecule has 1 aromatic heterocycles. The minimum atomic E-state index is -0.248. The lowest BCUT2D eigenvalue weighted by molar-refractivity contribution is -0.116. The van der Waals surface area contributed by atoms with Crippen molar-refractivity contribution in [2.75, 3.05) is 44.3 Å². The molecule has 2 amide bonds. The van der Waals surface area contributed by atoms with Gasteiger partial charge in [0.1, 0.15) is 0 Å². The molecule has 0 atom stereocenters. The number of benzene rings is 4. The SMILES string of the molecule is CC(=O)N1/C(=C/c2cc(-c3ccc(-c4ccccc4)cc3)c3cc(C(=O)N4CCN(C5COC5)CC4)ccc3n2)C(=O)c2ccccc21. The van der Waals surface area contributed by atoms with Gasteiger partial charge in [-0.15, -0.1) is 0 Å². The van der Waals surface area contributed by atoms with Crippen molar-refractivity contribution in [3.8, 4) is 22.3 Å². The van der Waals surface area contributed by atoms with Gasteiger partial charge in [0, 0.05) is 49.6 Å². The molecular weight excluding hydrogens is 600 g/mol. The van der Waals surface area contributed by atoms with Gasteiger partial charge in [0.2, 0.25) is 11.7 Å². The summed E-state index contributed by atoms with van der Waals surface area (Å²) in [6.07, 6.45) is 1.69. The molecule has 0 spiro atoms. The maximum atomic E-state index is 13.8. The Morgan fingerprint density at radius 2 is 1.46 bits per heavy atom. The number of rotatable bonds is 5. The third kappa shape index (κ3) is 5.39. The number of Topliss-reactive ketones (excluding diaryl/α,β-unsaturated/α-hetero) is 1. The van der Waals surface area contributed by atoms with E-state index in [0.717, 1.165) is 53.9 Å². The largest absolute Gasteiger partial charge is 0.378 e. The van der Waals surface area contributed by atoms with Gasteiger partial charge in [-0.05, 0) is 64.7 Å². The zero-order valence-corrected chi connectivity index (χ0v) is 26.6. The lowest BCUT2D eigenvalue weighted by Gasteiger charge is -2.42. The van der Waals surface area contributed by atoms with Gasteiger partial charge in [-0.2, -0.15) is 0 Å². The Hall–Kier alpha value is -5.44. The number of aromatic nitrogens is 1. The minimum Gasteiger partial charge on any atom is -0.378 e. The van der Waals surface area contributed by atoms with Crippen molar-refractivity contribution < 1.29 is 19.1 Å². The summed E-state index contributed by atoms with van der Waals surface area (Å²) in [7, 11) is 0. The first-order valence-corrected chi connectivity index (χ1v) is 16.3. The number of carbonyl (C=O) groups excluding carboxylic acids is 3. The monoisotopic (exact) mass is 634 g/mol. The second-order valence-electron chi connectivity index (χ2n) is 12.5. The molecule has 0 aliphatic carbocycles. The van der Waals surface area contributed by atoms with E-state index in [4.69, 9.17) is 9.72 Å². The number of carbonyl (C=O) groups is 3. The van der Waals surface area contributed by atoms with Crippen LogP contribution in [0.1, 0.15) is 33.3 Å². The van der Waals surface area contributed by atoms with Crippen molar-refractivity contribution in [2.24, 2.45) is 0 Å². The summed E-state index contributed by atoms with van der Waals surface area (Å²) < 4.78 is 5.36. The molecule has 0 radical (unpaired) electrons. The number of amides is 2. The van der Waals surface area contributed by atoms with Crippen LogP contribution in [0.5, 0.6) is 0 Å². The van der Waals surface area contributed by atoms with E-state index in [9.17, 15) is 14.4 Å². The fourth-order valence-corrected chi connectivity index (χ4v) is 6.91. The van der Waals surface area contributed by atoms with Crippen LogP contribution in [-0.4, -0.2) is 77.8 Å². The number of anilines is 1. The molecule has 3 aliphatic rings. The number of hydrogen-bond acceptors (Lipinski definition) is 6. The van der Waals surface area contributed by atoms with Crippen molar-refractivity contribution in [1.82, 2.24) is 14.8 Å². The van der Waals surface area contributed by atoms with Crippen LogP contribution in [0, 0.1) is 0 Å². The Morgan fingerprint density at radius 1 is 0.771 bits per heavy atom. The molecule has 8 rings (SSSR count). The summed E-state index contributed by atoms with van der Waals surface area (Å²) in [6, 6.07) is 33.7. The summed E-state index contributed by atoms with van der Waals surface area (Å²) in [5, 5.41) is 0.838. The predicted octanol–water partition coefficient (Wildman–Crippen LogP) is 6.32. The Labute approximate surface area is 278 Å². The summed E-state index contributed by atoms with van der Waals surface area (Å²) >= 11 is 0. The zero-order valence-electron chi connectivity index (χ0n) is 26.6. The van der Waals surface area contributed by atoms with Crippen LogP contribution >= 0.6 is 0 Å². The van der Waals surface area contributed by atoms with E-state index in [1.165, 1.54) is 11.8 Å². The number of para-hydroxylation sites is 1. The first kappa shape index (κ1) is 29.9. The molecule has 8 nitrogen and oxygen atoms in total. The van der Waals surface area contributed by atoms with Gasteiger partial charge in [-0.1, -0.05) is 66.7 Å². The van der Waals surface area contributed by atoms with Crippen molar-refractivity contribution in [2.45, 2.75) is 13.0 Å². The lowest BCUT2D eigenvalue weighted by atomic mass is 9.96. The van der Waals surface area contributed by atoms with Gasteiger partial charge in [0.05, 0.1) is 41.9 Å². The molecule has 2 saturated heterocycles. The molecule has 0 N–H and O–H groups in total. The molecule has 3 aliphatic heterocycles. The summed E-state index contributed by atoms with van der Waals surface area (Å²) in [4.78, 5) is 50.8. The maximum absolute atomic E-state index is 13.8. The number of piperazine rings is 1. The average molecular weight is 635 g/mol. The van der Waals surface area contributed by atoms with Crippen LogP contribution < -0.4 is 4.90 Å². The van der Waals surface area contributed by atoms with Crippen LogP contribution in [0.2, 0.25) is 0 Å². The number of nitrogens with zero attached hydrogens (tertiary/aromatic N) is 4. The number of ether oxygens (including phenoxy) is 1. The minimum absolute atomic E-state index is 0.00407. The van der Waals surface area contributed by atoms with E-state index in [0.29, 0.717) is 47.2 Å². The van der Waals surface area contributed by atoms with Crippen LogP contribution in [-0.2, 0) is 9.53 Å². The molecule has 4 heterocycles. The van der Waals surface area contributed by atoms with Crippen molar-refractivity contribution in [3.63, 3.8) is 0 Å². The highest BCUT2D eigenvalue weighted by Crippen LogP contribution is 2.37. The van der Waals surface area contributed by atoms with E-state index in [1.54, 1.807) is 24.3 Å². The topological polar surface area (TPSA) is 83.1 Å². The lowest BCUT2D eigenvalue weighted by Crippen LogP contribution is -2.57. The maximum Gasteiger partial charge on any atom is 0.253 e. The molecule has 8 heteroatoms. The molecule has 238 valence electrons. The van der Waals surface area contributed by atoms with Gasteiger partial charge in [-0.3, -0.25) is 24.2 Å². The Morgan fingerprint density at radius 3 is 2.17 bits per heavy atom. The fourth-order valence-electron chi connectivity index (χ4n) is 6.91. The van der Waals surface area contributed by atoms with E-state index >= 15 is 0 Å². The van der Waals surface area contributed by atoms with E-state index in [2.05, 4.69) is 41.3 Å². The Bertz CT molecular complexity index is 2100. The summed E-state index contributed by atoms with van der Waals surface area (Å²) in [6.45, 7) is 6.03. The van der Waals surface area contributed by atoms with Crippen molar-refractivity contribution >= 4 is 40.3 Å². The average Bonchev–Trinajstić information content (AvgIpc) is 3.38. The van der Waals surface area contributed by atoms with Gasteiger partial charge in [-0.25, -0.2) is 4.98 Å². The molecule has 48 heavy (non-hydrogen) atoms. The first-order chi connectivity index (χ1) is 23.4. The normalized spacial score (nSPS) is 17.5. The highest BCUT2D eigenvalue weighted by atomic mass is 16.5. The molecule has 4 aromatic carbocycles. The molecule has 2 fully saturated rings. The highest BCUT2D eigenvalue weighted by Gasteiger charge is 2.35. The number of allylic oxidation sites excluding steroid dienone is 1. The third-order valence-electron chi connectivity index (χ3n) is 9.58. The standard InChI is InChI=1S/C40H34N4O4/c1-26(45)44-37-10-6-5-9-33(37)39(46)38(44)23-31-22-34(29-13-11-28(12-14-29)27-7-3-2-4-8-27)35-21-30(15-16-36(35)41-31)40(47)43-19-17-42(18-20-43)32-24-48-25-32/h2-16,21-23,32H,17-20,24-25H2,1H3/b38-23+. The van der Waals surface area contributed by atoms with Crippen LogP contribution in [0.3, 0.4) is 0 Å². The van der Waals surface area contributed by atoms with Crippen molar-refractivity contribution in [1.29, 1.82) is 0 Å². The Kier molecular flexibility index (Phi) is 7.67. The fraction of sp³-hybridized carbons (Fsp3) is 0.200. The van der Waals surface area contributed by atoms with Gasteiger partial charge in [0.25, 0.3) is 5.91 Å². The van der Waals surface area contributed by atoms with E-state index in [-0.39, 0.29) is 23.3 Å². The molecule has 0 bridgehead atoms. The summed E-state index contributed by atoms with van der Waals surface area (Å²) in [5.74, 6) is -0.464. The molecule has 0 unspecified atom stereocenters. The van der Waals surface area contributed by atoms with Gasteiger partial charge >= 0.3 is 0 Å². The quantitative estimate of drug-likeness (QED) is 0.211. The van der Waals surface area contributed by atoms with Crippen molar-refractivity contribution in [3.05, 3.63) is 126 Å². The van der Waals surface area contributed by atoms with Gasteiger partial charge < -0.3 is 9.64 Å². The van der Waals surface area contributed by atoms with Crippen LogP contribution in [0.15, 0.2) is 109 Å². The number of fused-ring (bicyclic) bond motifs is 2. The smallest absolute Gasteiger partial charge is 0.253 e. The highest BCUT2D eigenvalue weighted by molar-refractivity contribution is 6.26. The van der Waals surface area contributed by atoms with E-state index in [1.807, 2.05) is 53.4 Å². The van der Waals surface area contributed by atoms with Crippen LogP contribution in [0.4, 0.5) is 5.69 Å². The first-order valence-electron chi connectivity index (χ1n) is 16.3. The van der Waals surface area contributed by atoms with E-state index < -0.39 is 0 Å². The summed E-state index contributed by atoms with van der Waals surface area (Å²) in [5.41, 5.74) is 7.22. The molecule has 0 saturated carbocycles. The Balaban J connectivity index is 1.19. The zero-order chi connectivity index (χ0) is 32.8. The van der Waals surface area contributed by atoms with Crippen LogP contribution in [0.25, 0.3) is 39.2 Å². The predicted molar refractivity (Wildman–Crippen MR) is 187 cm³/mol. The molecular formula is C40H34N4O4.